The zero-order chi connectivity index (χ0) is 26.6. The van der Waals surface area contributed by atoms with Gasteiger partial charge in [0.25, 0.3) is 0 Å². The predicted molar refractivity (Wildman–Crippen MR) is 150 cm³/mol. The van der Waals surface area contributed by atoms with Gasteiger partial charge in [0, 0.05) is 10.4 Å². The molecule has 1 heterocycles. The molecule has 5 nitrogen and oxygen atoms in total. The quantitative estimate of drug-likeness (QED) is 0.0977. The van der Waals surface area contributed by atoms with Gasteiger partial charge in [-0.05, 0) is 40.4 Å². The number of rotatable bonds is 9. The number of hydrogen-bond acceptors (Lipinski definition) is 4. The van der Waals surface area contributed by atoms with Crippen molar-refractivity contribution in [3.8, 4) is 5.75 Å². The van der Waals surface area contributed by atoms with Crippen molar-refractivity contribution in [1.29, 1.82) is 0 Å². The highest BCUT2D eigenvalue weighted by atomic mass is 35.5. The van der Waals surface area contributed by atoms with Gasteiger partial charge < -0.3 is 13.7 Å². The van der Waals surface area contributed by atoms with E-state index in [1.54, 1.807) is 6.07 Å². The van der Waals surface area contributed by atoms with Gasteiger partial charge in [0.1, 0.15) is 0 Å². The molecule has 7 heteroatoms. The largest absolute Gasteiger partial charge is 0.418 e. The number of aromatic nitrogens is 1. The number of halogens is 1. The summed E-state index contributed by atoms with van der Waals surface area (Å²) in [7, 11) is -1.21. The van der Waals surface area contributed by atoms with E-state index in [9.17, 15) is 9.59 Å². The highest BCUT2D eigenvalue weighted by Gasteiger charge is 2.31. The van der Waals surface area contributed by atoms with Crippen molar-refractivity contribution in [1.82, 2.24) is 4.57 Å². The molecule has 0 aliphatic rings. The molecule has 0 N–H and O–H groups in total. The lowest BCUT2D eigenvalue weighted by atomic mass is 9.98. The molecule has 37 heavy (non-hydrogen) atoms. The monoisotopic (exact) mass is 532 g/mol. The van der Waals surface area contributed by atoms with Gasteiger partial charge in [-0.25, -0.2) is 4.79 Å². The lowest BCUT2D eigenvalue weighted by Crippen LogP contribution is -2.29. The first-order chi connectivity index (χ1) is 17.7. The molecule has 0 amide bonds. The van der Waals surface area contributed by atoms with Crippen molar-refractivity contribution in [2.75, 3.05) is 0 Å². The zero-order valence-corrected chi connectivity index (χ0v) is 23.3. The average Bonchev–Trinajstić information content (AvgIpc) is 3.17. The number of nitrogens with zero attached hydrogens (tertiary/aromatic N) is 1. The number of ether oxygens (including phenoxy) is 1. The van der Waals surface area contributed by atoms with Gasteiger partial charge in [0.15, 0.2) is 5.75 Å². The van der Waals surface area contributed by atoms with Crippen LogP contribution in [-0.2, 0) is 20.6 Å². The van der Waals surface area contributed by atoms with E-state index < -0.39 is 15.0 Å². The summed E-state index contributed by atoms with van der Waals surface area (Å²) in [6.45, 7) is 8.92. The summed E-state index contributed by atoms with van der Waals surface area (Å²) in [5, 5.41) is 1.17. The summed E-state index contributed by atoms with van der Waals surface area (Å²) in [4.78, 5) is 23.6. The SMILES string of the molecule is CC[Si](OCc1c(OC(=O)C=O)c2cc(Cl)ccc2n1C(c1ccccc1)c1ccccc1)C(C)(C)C. The fourth-order valence-corrected chi connectivity index (χ4v) is 6.93. The van der Waals surface area contributed by atoms with Crippen LogP contribution >= 0.6 is 11.6 Å². The van der Waals surface area contributed by atoms with Gasteiger partial charge in [-0.2, -0.15) is 0 Å². The minimum absolute atomic E-state index is 0.0114. The van der Waals surface area contributed by atoms with Gasteiger partial charge in [0.05, 0.1) is 23.9 Å². The average molecular weight is 533 g/mol. The van der Waals surface area contributed by atoms with Crippen LogP contribution in [-0.4, -0.2) is 25.9 Å². The van der Waals surface area contributed by atoms with Gasteiger partial charge in [-0.1, -0.05) is 100.0 Å². The Morgan fingerprint density at radius 2 is 1.59 bits per heavy atom. The highest BCUT2D eigenvalue weighted by Crippen LogP contribution is 2.42. The van der Waals surface area contributed by atoms with Crippen molar-refractivity contribution in [2.24, 2.45) is 0 Å². The lowest BCUT2D eigenvalue weighted by molar-refractivity contribution is -0.141. The molecule has 0 unspecified atom stereocenters. The first-order valence-corrected chi connectivity index (χ1v) is 14.3. The number of benzene rings is 3. The van der Waals surface area contributed by atoms with Crippen LogP contribution in [0, 0.1) is 0 Å². The molecule has 0 bridgehead atoms. The Balaban J connectivity index is 2.02. The number of carbonyl (C=O) groups is 2. The molecule has 0 saturated carbocycles. The summed E-state index contributed by atoms with van der Waals surface area (Å²) in [5.74, 6) is -0.661. The van der Waals surface area contributed by atoms with Gasteiger partial charge in [-0.3, -0.25) is 4.79 Å². The van der Waals surface area contributed by atoms with Crippen LogP contribution in [0.1, 0.15) is 50.6 Å². The second kappa shape index (κ2) is 11.5. The van der Waals surface area contributed by atoms with Crippen molar-refractivity contribution >= 4 is 43.8 Å². The number of hydrogen-bond donors (Lipinski definition) is 0. The van der Waals surface area contributed by atoms with Crippen molar-refractivity contribution in [3.05, 3.63) is 101 Å². The second-order valence-electron chi connectivity index (χ2n) is 9.89. The van der Waals surface area contributed by atoms with Crippen LogP contribution in [0.5, 0.6) is 5.75 Å². The van der Waals surface area contributed by atoms with E-state index in [2.05, 4.69) is 56.5 Å². The third kappa shape index (κ3) is 5.87. The Labute approximate surface area is 224 Å². The lowest BCUT2D eigenvalue weighted by Gasteiger charge is -2.29. The minimum atomic E-state index is -1.21. The number of esters is 1. The fraction of sp³-hybridized carbons (Fsp3) is 0.267. The summed E-state index contributed by atoms with van der Waals surface area (Å²) in [5.41, 5.74) is 3.64. The molecule has 3 aromatic carbocycles. The van der Waals surface area contributed by atoms with Gasteiger partial charge in [0.2, 0.25) is 15.3 Å². The molecular weight excluding hydrogens is 502 g/mol. The molecule has 0 fully saturated rings. The van der Waals surface area contributed by atoms with E-state index in [0.29, 0.717) is 21.9 Å². The standard InChI is InChI=1S/C30H31ClNO4Si/c1-5-37(30(2,3)4)35-20-26-29(36-27(34)19-33)24-18-23(31)16-17-25(24)32(26)28(21-12-8-6-9-13-21)22-14-10-7-11-15-22/h6-19,28H,5,20H2,1-4H3. The van der Waals surface area contributed by atoms with Crippen molar-refractivity contribution < 1.29 is 18.8 Å². The zero-order valence-electron chi connectivity index (χ0n) is 21.5. The topological polar surface area (TPSA) is 57.5 Å². The number of fused-ring (bicyclic) bond motifs is 1. The molecule has 0 saturated heterocycles. The Morgan fingerprint density at radius 3 is 2.11 bits per heavy atom. The highest BCUT2D eigenvalue weighted by molar-refractivity contribution is 6.55. The van der Waals surface area contributed by atoms with Gasteiger partial charge >= 0.3 is 5.97 Å². The summed E-state index contributed by atoms with van der Waals surface area (Å²) in [6.07, 6.45) is 0.181. The molecule has 1 radical (unpaired) electrons. The Bertz CT molecular complexity index is 1340. The number of aldehydes is 1. The molecule has 4 aromatic rings. The summed E-state index contributed by atoms with van der Waals surface area (Å²) < 4.78 is 14.4. The summed E-state index contributed by atoms with van der Waals surface area (Å²) in [6, 6.07) is 26.5. The molecule has 0 spiro atoms. The van der Waals surface area contributed by atoms with Crippen LogP contribution in [0.3, 0.4) is 0 Å². The molecule has 4 rings (SSSR count). The molecule has 191 valence electrons. The van der Waals surface area contributed by atoms with Crippen LogP contribution in [0.2, 0.25) is 16.1 Å². The van der Waals surface area contributed by atoms with E-state index in [1.807, 2.05) is 48.5 Å². The van der Waals surface area contributed by atoms with Crippen LogP contribution in [0.15, 0.2) is 78.9 Å². The maximum Gasteiger partial charge on any atom is 0.376 e. The van der Waals surface area contributed by atoms with Crippen LogP contribution in [0.4, 0.5) is 0 Å². The van der Waals surface area contributed by atoms with E-state index in [4.69, 9.17) is 20.8 Å². The molecule has 0 aliphatic heterocycles. The Morgan fingerprint density at radius 1 is 1.00 bits per heavy atom. The third-order valence-electron chi connectivity index (χ3n) is 6.34. The molecule has 1 aromatic heterocycles. The maximum atomic E-state index is 12.3. The first-order valence-electron chi connectivity index (χ1n) is 12.3. The van der Waals surface area contributed by atoms with Crippen molar-refractivity contribution in [3.63, 3.8) is 0 Å². The van der Waals surface area contributed by atoms with Gasteiger partial charge in [-0.15, -0.1) is 0 Å². The van der Waals surface area contributed by atoms with E-state index >= 15 is 0 Å². The smallest absolute Gasteiger partial charge is 0.376 e. The normalized spacial score (nSPS) is 11.9. The Kier molecular flexibility index (Phi) is 8.32. The number of carbonyl (C=O) groups excluding carboxylic acids is 2. The fourth-order valence-electron chi connectivity index (χ4n) is 4.74. The van der Waals surface area contributed by atoms with E-state index in [-0.39, 0.29) is 24.0 Å². The van der Waals surface area contributed by atoms with E-state index in [1.165, 1.54) is 0 Å². The molecule has 0 atom stereocenters. The first kappa shape index (κ1) is 26.9. The van der Waals surface area contributed by atoms with Crippen molar-refractivity contribution in [2.45, 2.75) is 51.4 Å². The summed E-state index contributed by atoms with van der Waals surface area (Å²) >= 11 is 6.40. The third-order valence-corrected chi connectivity index (χ3v) is 9.39. The second-order valence-corrected chi connectivity index (χ2v) is 13.7. The Hall–Kier alpha value is -3.19. The minimum Gasteiger partial charge on any atom is -0.418 e. The molecular formula is C30H31ClNO4Si. The van der Waals surface area contributed by atoms with Crippen LogP contribution < -0.4 is 4.74 Å². The van der Waals surface area contributed by atoms with E-state index in [0.717, 1.165) is 22.7 Å². The maximum absolute atomic E-state index is 12.3. The predicted octanol–water partition coefficient (Wildman–Crippen LogP) is 7.36. The molecule has 0 aliphatic carbocycles. The van der Waals surface area contributed by atoms with Crippen LogP contribution in [0.25, 0.3) is 10.9 Å².